The number of rotatable bonds is 1. The van der Waals surface area contributed by atoms with Crippen molar-refractivity contribution in [3.05, 3.63) is 21.1 Å². The van der Waals surface area contributed by atoms with Crippen LogP contribution in [0.25, 0.3) is 0 Å². The first kappa shape index (κ1) is 11.5. The summed E-state index contributed by atoms with van der Waals surface area (Å²) < 4.78 is 51.7. The molecule has 0 atom stereocenters. The monoisotopic (exact) mass is 321 g/mol. The van der Waals surface area contributed by atoms with Gasteiger partial charge in [-0.2, -0.15) is 0 Å². The Morgan fingerprint density at radius 1 is 1.43 bits per heavy atom. The first-order valence-electron chi connectivity index (χ1n) is 3.38. The Morgan fingerprint density at radius 2 is 2.00 bits per heavy atom. The van der Waals surface area contributed by atoms with Crippen molar-refractivity contribution in [3.8, 4) is 5.88 Å². The predicted molar refractivity (Wildman–Crippen MR) is 48.3 cm³/mol. The Kier molecular flexibility index (Phi) is 3.17. The summed E-state index contributed by atoms with van der Waals surface area (Å²) in [4.78, 5) is 3.30. The van der Waals surface area contributed by atoms with Crippen LogP contribution in [0.2, 0.25) is 0 Å². The van der Waals surface area contributed by atoms with Gasteiger partial charge >= 0.3 is 6.36 Å². The SMILES string of the molecule is Cc1nc(OC(F)(F)F)cc(I)c1F. The van der Waals surface area contributed by atoms with Crippen LogP contribution in [0.1, 0.15) is 5.69 Å². The molecular weight excluding hydrogens is 317 g/mol. The maximum absolute atomic E-state index is 12.9. The van der Waals surface area contributed by atoms with Gasteiger partial charge in [-0.3, -0.25) is 0 Å². The Balaban J connectivity index is 3.02. The van der Waals surface area contributed by atoms with Gasteiger partial charge in [0.15, 0.2) is 5.82 Å². The quantitative estimate of drug-likeness (QED) is 0.586. The average molecular weight is 321 g/mol. The average Bonchev–Trinajstić information content (AvgIpc) is 1.96. The van der Waals surface area contributed by atoms with Crippen LogP contribution in [0.4, 0.5) is 17.6 Å². The van der Waals surface area contributed by atoms with Crippen LogP contribution < -0.4 is 4.74 Å². The van der Waals surface area contributed by atoms with Crippen molar-refractivity contribution in [2.24, 2.45) is 0 Å². The van der Waals surface area contributed by atoms with Gasteiger partial charge in [0.2, 0.25) is 5.88 Å². The molecule has 0 bridgehead atoms. The number of halogens is 5. The van der Waals surface area contributed by atoms with Crippen LogP contribution in [0, 0.1) is 16.3 Å². The first-order chi connectivity index (χ1) is 6.29. The second-order valence-corrected chi connectivity index (χ2v) is 3.55. The van der Waals surface area contributed by atoms with E-state index in [4.69, 9.17) is 0 Å². The molecule has 0 aliphatic rings. The second-order valence-electron chi connectivity index (χ2n) is 2.39. The Bertz CT molecular complexity index is 329. The minimum atomic E-state index is -4.81. The molecule has 7 heteroatoms. The summed E-state index contributed by atoms with van der Waals surface area (Å²) in [5.41, 5.74) is -0.129. The third-order valence-electron chi connectivity index (χ3n) is 1.28. The molecule has 0 aliphatic heterocycles. The van der Waals surface area contributed by atoms with Crippen molar-refractivity contribution in [1.29, 1.82) is 0 Å². The van der Waals surface area contributed by atoms with Crippen LogP contribution in [0.5, 0.6) is 5.88 Å². The molecule has 1 heterocycles. The fourth-order valence-corrected chi connectivity index (χ4v) is 1.42. The molecule has 0 fully saturated rings. The fraction of sp³-hybridized carbons (Fsp3) is 0.286. The number of ether oxygens (including phenoxy) is 1. The van der Waals surface area contributed by atoms with Gasteiger partial charge in [0.1, 0.15) is 0 Å². The molecule has 0 saturated carbocycles. The van der Waals surface area contributed by atoms with Crippen molar-refractivity contribution in [2.45, 2.75) is 13.3 Å². The minimum Gasteiger partial charge on any atom is -0.388 e. The highest BCUT2D eigenvalue weighted by Crippen LogP contribution is 2.24. The summed E-state index contributed by atoms with van der Waals surface area (Å²) in [6, 6.07) is 0.885. The summed E-state index contributed by atoms with van der Waals surface area (Å²) in [5.74, 6) is -1.29. The predicted octanol–water partition coefficient (Wildman–Crippen LogP) is 3.03. The van der Waals surface area contributed by atoms with Crippen LogP contribution in [0.15, 0.2) is 6.07 Å². The van der Waals surface area contributed by atoms with E-state index in [1.807, 2.05) is 0 Å². The molecule has 0 aliphatic carbocycles. The highest BCUT2D eigenvalue weighted by Gasteiger charge is 2.32. The zero-order valence-corrected chi connectivity index (χ0v) is 8.98. The van der Waals surface area contributed by atoms with Gasteiger partial charge in [-0.15, -0.1) is 13.2 Å². The van der Waals surface area contributed by atoms with Crippen molar-refractivity contribution in [1.82, 2.24) is 4.98 Å². The van der Waals surface area contributed by atoms with E-state index in [-0.39, 0.29) is 9.26 Å². The van der Waals surface area contributed by atoms with E-state index < -0.39 is 18.1 Å². The molecule has 0 aromatic carbocycles. The molecule has 2 nitrogen and oxygen atoms in total. The number of aromatic nitrogens is 1. The van der Waals surface area contributed by atoms with Gasteiger partial charge in [0, 0.05) is 6.07 Å². The summed E-state index contributed by atoms with van der Waals surface area (Å²) in [6.07, 6.45) is -4.81. The second kappa shape index (κ2) is 3.87. The fourth-order valence-electron chi connectivity index (χ4n) is 0.762. The lowest BCUT2D eigenvalue weighted by atomic mass is 10.3. The number of nitrogens with zero attached hydrogens (tertiary/aromatic N) is 1. The van der Waals surface area contributed by atoms with Crippen LogP contribution in [-0.2, 0) is 0 Å². The molecule has 0 amide bonds. The minimum absolute atomic E-state index is 0.0364. The third kappa shape index (κ3) is 2.96. The first-order valence-corrected chi connectivity index (χ1v) is 4.46. The van der Waals surface area contributed by atoms with Crippen molar-refractivity contribution >= 4 is 22.6 Å². The van der Waals surface area contributed by atoms with Gasteiger partial charge in [0.25, 0.3) is 0 Å². The van der Waals surface area contributed by atoms with Crippen LogP contribution >= 0.6 is 22.6 Å². The van der Waals surface area contributed by atoms with Gasteiger partial charge in [-0.1, -0.05) is 0 Å². The van der Waals surface area contributed by atoms with E-state index >= 15 is 0 Å². The summed E-state index contributed by atoms with van der Waals surface area (Å²) in [5, 5.41) is 0. The maximum Gasteiger partial charge on any atom is 0.574 e. The standard InChI is InChI=1S/C7H4F4INO/c1-3-6(8)4(12)2-5(13-3)14-7(9,10)11/h2H,1H3. The largest absolute Gasteiger partial charge is 0.574 e. The van der Waals surface area contributed by atoms with E-state index in [0.29, 0.717) is 0 Å². The van der Waals surface area contributed by atoms with Gasteiger partial charge in [0.05, 0.1) is 9.26 Å². The summed E-state index contributed by atoms with van der Waals surface area (Å²) in [6.45, 7) is 1.26. The van der Waals surface area contributed by atoms with Gasteiger partial charge in [-0.25, -0.2) is 9.37 Å². The van der Waals surface area contributed by atoms with Gasteiger partial charge < -0.3 is 4.74 Å². The van der Waals surface area contributed by atoms with E-state index in [2.05, 4.69) is 9.72 Å². The lowest BCUT2D eigenvalue weighted by Crippen LogP contribution is -2.18. The maximum atomic E-state index is 12.9. The molecule has 0 unspecified atom stereocenters. The molecule has 1 aromatic rings. The van der Waals surface area contributed by atoms with E-state index in [9.17, 15) is 17.6 Å². The summed E-state index contributed by atoms with van der Waals surface area (Å²) in [7, 11) is 0. The van der Waals surface area contributed by atoms with E-state index in [1.165, 1.54) is 6.92 Å². The van der Waals surface area contributed by atoms with Crippen LogP contribution in [-0.4, -0.2) is 11.3 Å². The smallest absolute Gasteiger partial charge is 0.388 e. The van der Waals surface area contributed by atoms with E-state index in [0.717, 1.165) is 6.07 Å². The number of alkyl halides is 3. The zero-order chi connectivity index (χ0) is 10.9. The van der Waals surface area contributed by atoms with Crippen molar-refractivity contribution in [2.75, 3.05) is 0 Å². The number of hydrogen-bond acceptors (Lipinski definition) is 2. The van der Waals surface area contributed by atoms with Crippen molar-refractivity contribution in [3.63, 3.8) is 0 Å². The summed E-state index contributed by atoms with van der Waals surface area (Å²) >= 11 is 1.56. The molecule has 0 N–H and O–H groups in total. The number of aryl methyl sites for hydroxylation is 1. The topological polar surface area (TPSA) is 22.1 Å². The van der Waals surface area contributed by atoms with Crippen molar-refractivity contribution < 1.29 is 22.3 Å². The number of hydrogen-bond donors (Lipinski definition) is 0. The van der Waals surface area contributed by atoms with Crippen LogP contribution in [0.3, 0.4) is 0 Å². The Hall–Kier alpha value is -0.600. The molecule has 0 spiro atoms. The highest BCUT2D eigenvalue weighted by molar-refractivity contribution is 14.1. The molecule has 1 aromatic heterocycles. The molecule has 78 valence electrons. The zero-order valence-electron chi connectivity index (χ0n) is 6.82. The molecule has 14 heavy (non-hydrogen) atoms. The third-order valence-corrected chi connectivity index (χ3v) is 2.06. The van der Waals surface area contributed by atoms with Gasteiger partial charge in [-0.05, 0) is 29.5 Å². The molecule has 0 radical (unpaired) electrons. The van der Waals surface area contributed by atoms with E-state index in [1.54, 1.807) is 22.6 Å². The lowest BCUT2D eigenvalue weighted by molar-refractivity contribution is -0.276. The Morgan fingerprint density at radius 3 is 2.43 bits per heavy atom. The molecular formula is C7H4F4INO. The Labute approximate surface area is 90.4 Å². The lowest BCUT2D eigenvalue weighted by Gasteiger charge is -2.09. The molecule has 0 saturated heterocycles. The molecule has 1 rings (SSSR count). The highest BCUT2D eigenvalue weighted by atomic mass is 127. The normalized spacial score (nSPS) is 11.6. The number of pyridine rings is 1.